The van der Waals surface area contributed by atoms with E-state index in [4.69, 9.17) is 9.47 Å². The third-order valence-electron chi connectivity index (χ3n) is 3.03. The van der Waals surface area contributed by atoms with Crippen molar-refractivity contribution in [3.05, 3.63) is 12.7 Å². The van der Waals surface area contributed by atoms with Gasteiger partial charge < -0.3 is 14.3 Å². The summed E-state index contributed by atoms with van der Waals surface area (Å²) in [4.78, 5) is 22.8. The molecule has 0 aromatic carbocycles. The lowest BCUT2D eigenvalue weighted by atomic mass is 10.1. The maximum atomic E-state index is 11.7. The second-order valence-electron chi connectivity index (χ2n) is 5.02. The summed E-state index contributed by atoms with van der Waals surface area (Å²) in [5.41, 5.74) is 0. The fourth-order valence-electron chi connectivity index (χ4n) is 1.88. The summed E-state index contributed by atoms with van der Waals surface area (Å²) >= 11 is 0. The van der Waals surface area contributed by atoms with Gasteiger partial charge in [-0.25, -0.2) is 0 Å². The number of ether oxygens (including phenoxy) is 2. The van der Waals surface area contributed by atoms with E-state index in [0.717, 1.165) is 32.1 Å². The summed E-state index contributed by atoms with van der Waals surface area (Å²) in [6, 6.07) is 0. The van der Waals surface area contributed by atoms with Gasteiger partial charge in [0.1, 0.15) is 11.9 Å². The number of rotatable bonds is 13. The molecular weight excluding hydrogens is 267 g/mol. The molecule has 119 valence electrons. The minimum absolute atomic E-state index is 0. The van der Waals surface area contributed by atoms with E-state index in [1.165, 1.54) is 0 Å². The highest BCUT2D eigenvalue weighted by atomic mass is 16.5. The monoisotopic (exact) mass is 295 g/mol. The zero-order valence-corrected chi connectivity index (χ0v) is 13.4. The minimum atomic E-state index is -0.173. The lowest BCUT2D eigenvalue weighted by Gasteiger charge is -2.17. The highest BCUT2D eigenvalue weighted by molar-refractivity contribution is 5.76. The number of Topliss-reactive ketones (excluding diaryl/α,β-unsaturated/α-hetero) is 1. The minimum Gasteiger partial charge on any atom is -0.462 e. The first-order valence-corrected chi connectivity index (χ1v) is 7.39. The van der Waals surface area contributed by atoms with Crippen molar-refractivity contribution in [1.82, 2.24) is 0 Å². The van der Waals surface area contributed by atoms with Crippen LogP contribution in [-0.2, 0) is 19.1 Å². The molecule has 0 saturated carbocycles. The van der Waals surface area contributed by atoms with Crippen LogP contribution < -0.4 is 0 Å². The van der Waals surface area contributed by atoms with Gasteiger partial charge in [0.2, 0.25) is 0 Å². The van der Waals surface area contributed by atoms with E-state index in [2.05, 4.69) is 6.58 Å². The summed E-state index contributed by atoms with van der Waals surface area (Å²) in [6.07, 6.45) is 7.49. The number of carbonyl (C=O) groups excluding carboxylic acids is 2. The highest BCUT2D eigenvalue weighted by Crippen LogP contribution is 2.13. The van der Waals surface area contributed by atoms with Gasteiger partial charge >= 0.3 is 5.97 Å². The van der Waals surface area contributed by atoms with Gasteiger partial charge in [-0.2, -0.15) is 0 Å². The second-order valence-corrected chi connectivity index (χ2v) is 5.02. The SMILES string of the molecule is C=CCCCC(CCC(C)=O)OC(=O)CCCCOC.[B]. The Morgan fingerprint density at radius 2 is 1.86 bits per heavy atom. The summed E-state index contributed by atoms with van der Waals surface area (Å²) in [5, 5.41) is 0. The summed E-state index contributed by atoms with van der Waals surface area (Å²) in [7, 11) is 1.65. The van der Waals surface area contributed by atoms with Crippen molar-refractivity contribution in [1.29, 1.82) is 0 Å². The number of hydrogen-bond acceptors (Lipinski definition) is 4. The van der Waals surface area contributed by atoms with Gasteiger partial charge in [0.25, 0.3) is 0 Å². The molecule has 1 atom stereocenters. The number of carbonyl (C=O) groups is 2. The fourth-order valence-corrected chi connectivity index (χ4v) is 1.88. The quantitative estimate of drug-likeness (QED) is 0.227. The van der Waals surface area contributed by atoms with Crippen molar-refractivity contribution < 1.29 is 19.1 Å². The summed E-state index contributed by atoms with van der Waals surface area (Å²) < 4.78 is 10.4. The number of methoxy groups -OCH3 is 1. The van der Waals surface area contributed by atoms with Crippen LogP contribution in [0.25, 0.3) is 0 Å². The molecule has 0 N–H and O–H groups in total. The van der Waals surface area contributed by atoms with Gasteiger partial charge in [-0.15, -0.1) is 6.58 Å². The molecule has 4 nitrogen and oxygen atoms in total. The Morgan fingerprint density at radius 1 is 1.14 bits per heavy atom. The third-order valence-corrected chi connectivity index (χ3v) is 3.03. The molecule has 0 aromatic rings. The predicted octanol–water partition coefficient (Wildman–Crippen LogP) is 3.06. The van der Waals surface area contributed by atoms with Crippen molar-refractivity contribution in [2.45, 2.75) is 64.4 Å². The normalized spacial score (nSPS) is 11.3. The van der Waals surface area contributed by atoms with E-state index in [9.17, 15) is 9.59 Å². The first-order valence-electron chi connectivity index (χ1n) is 7.39. The molecule has 0 aliphatic carbocycles. The molecule has 0 rings (SSSR count). The topological polar surface area (TPSA) is 52.6 Å². The highest BCUT2D eigenvalue weighted by Gasteiger charge is 2.14. The molecule has 0 spiro atoms. The molecule has 0 saturated heterocycles. The van der Waals surface area contributed by atoms with Crippen LogP contribution in [0, 0.1) is 0 Å². The van der Waals surface area contributed by atoms with E-state index in [1.807, 2.05) is 6.08 Å². The number of unbranched alkanes of at least 4 members (excludes halogenated alkanes) is 2. The number of allylic oxidation sites excluding steroid dienone is 1. The summed E-state index contributed by atoms with van der Waals surface area (Å²) in [6.45, 7) is 5.91. The first-order chi connectivity index (χ1) is 9.60. The predicted molar refractivity (Wildman–Crippen MR) is 85.3 cm³/mol. The van der Waals surface area contributed by atoms with E-state index in [1.54, 1.807) is 14.0 Å². The van der Waals surface area contributed by atoms with Crippen molar-refractivity contribution in [3.63, 3.8) is 0 Å². The lowest BCUT2D eigenvalue weighted by molar-refractivity contribution is -0.150. The summed E-state index contributed by atoms with van der Waals surface area (Å²) in [5.74, 6) is -0.0388. The smallest absolute Gasteiger partial charge is 0.306 e. The Labute approximate surface area is 130 Å². The maximum Gasteiger partial charge on any atom is 0.306 e. The zero-order chi connectivity index (χ0) is 15.2. The molecule has 0 fully saturated rings. The fraction of sp³-hybridized carbons (Fsp3) is 0.750. The van der Waals surface area contributed by atoms with Crippen LogP contribution in [0.1, 0.15) is 58.3 Å². The van der Waals surface area contributed by atoms with E-state index in [-0.39, 0.29) is 26.3 Å². The number of hydrogen-bond donors (Lipinski definition) is 0. The van der Waals surface area contributed by atoms with E-state index < -0.39 is 0 Å². The van der Waals surface area contributed by atoms with Crippen molar-refractivity contribution >= 4 is 20.2 Å². The molecular formula is C16H28BO4. The molecule has 0 aliphatic heterocycles. The van der Waals surface area contributed by atoms with Crippen molar-refractivity contribution in [3.8, 4) is 0 Å². The second kappa shape index (κ2) is 15.3. The molecule has 0 aliphatic rings. The largest absolute Gasteiger partial charge is 0.462 e. The lowest BCUT2D eigenvalue weighted by Crippen LogP contribution is -2.19. The van der Waals surface area contributed by atoms with Crippen LogP contribution in [0.5, 0.6) is 0 Å². The van der Waals surface area contributed by atoms with Gasteiger partial charge in [-0.1, -0.05) is 6.08 Å². The first kappa shape index (κ1) is 22.2. The molecule has 1 unspecified atom stereocenters. The molecule has 0 amide bonds. The Bertz CT molecular complexity index is 292. The Morgan fingerprint density at radius 3 is 2.43 bits per heavy atom. The molecule has 21 heavy (non-hydrogen) atoms. The average Bonchev–Trinajstić information content (AvgIpc) is 2.41. The van der Waals surface area contributed by atoms with Crippen LogP contribution in [0.4, 0.5) is 0 Å². The molecule has 0 aromatic heterocycles. The standard InChI is InChI=1S/C16H28O4.B/c1-4-5-6-9-15(12-11-14(2)17)20-16(18)10-7-8-13-19-3;/h4,15H,1,5-13H2,2-3H3;. The van der Waals surface area contributed by atoms with Crippen LogP contribution in [0.2, 0.25) is 0 Å². The van der Waals surface area contributed by atoms with E-state index >= 15 is 0 Å². The third kappa shape index (κ3) is 15.1. The average molecular weight is 295 g/mol. The van der Waals surface area contributed by atoms with Gasteiger partial charge in [0.05, 0.1) is 0 Å². The number of ketones is 1. The molecule has 0 bridgehead atoms. The van der Waals surface area contributed by atoms with Gasteiger partial charge in [-0.05, 0) is 45.4 Å². The Hall–Kier alpha value is -1.10. The molecule has 0 heterocycles. The van der Waals surface area contributed by atoms with Crippen molar-refractivity contribution in [2.75, 3.05) is 13.7 Å². The van der Waals surface area contributed by atoms with Gasteiger partial charge in [0, 0.05) is 35.0 Å². The zero-order valence-electron chi connectivity index (χ0n) is 13.4. The Balaban J connectivity index is 0. The van der Waals surface area contributed by atoms with Gasteiger partial charge in [0.15, 0.2) is 0 Å². The van der Waals surface area contributed by atoms with Gasteiger partial charge in [-0.3, -0.25) is 4.79 Å². The maximum absolute atomic E-state index is 11.7. The van der Waals surface area contributed by atoms with Crippen LogP contribution in [0.15, 0.2) is 12.7 Å². The Kier molecular flexibility index (Phi) is 16.2. The molecule has 3 radical (unpaired) electrons. The number of esters is 1. The molecule has 5 heteroatoms. The van der Waals surface area contributed by atoms with E-state index in [0.29, 0.717) is 25.9 Å². The van der Waals surface area contributed by atoms with Crippen LogP contribution >= 0.6 is 0 Å². The van der Waals surface area contributed by atoms with Crippen LogP contribution in [0.3, 0.4) is 0 Å². The van der Waals surface area contributed by atoms with Crippen LogP contribution in [-0.4, -0.2) is 40.0 Å². The van der Waals surface area contributed by atoms with Crippen molar-refractivity contribution in [2.24, 2.45) is 0 Å².